The molecule has 2 aromatic rings. The van der Waals surface area contributed by atoms with Crippen LogP contribution in [-0.4, -0.2) is 36.4 Å². The smallest absolute Gasteiger partial charge is 0.255 e. The van der Waals surface area contributed by atoms with Crippen LogP contribution in [0, 0.1) is 6.92 Å². The lowest BCUT2D eigenvalue weighted by Gasteiger charge is -2.10. The van der Waals surface area contributed by atoms with Gasteiger partial charge in [-0.25, -0.2) is 0 Å². The van der Waals surface area contributed by atoms with Crippen molar-refractivity contribution in [3.8, 4) is 0 Å². The van der Waals surface area contributed by atoms with Gasteiger partial charge < -0.3 is 10.2 Å². The van der Waals surface area contributed by atoms with Crippen LogP contribution in [0.25, 0.3) is 0 Å². The Labute approximate surface area is 136 Å². The molecule has 22 heavy (non-hydrogen) atoms. The van der Waals surface area contributed by atoms with Gasteiger partial charge in [-0.1, -0.05) is 23.7 Å². The van der Waals surface area contributed by atoms with Gasteiger partial charge in [-0.05, 0) is 51.2 Å². The summed E-state index contributed by atoms with van der Waals surface area (Å²) in [6.07, 6.45) is 2.59. The number of benzene rings is 1. The molecule has 0 aliphatic carbocycles. The summed E-state index contributed by atoms with van der Waals surface area (Å²) >= 11 is 6.14. The normalized spacial score (nSPS) is 10.8. The van der Waals surface area contributed by atoms with Gasteiger partial charge in [0.25, 0.3) is 5.91 Å². The number of anilines is 1. The van der Waals surface area contributed by atoms with Gasteiger partial charge in [0.2, 0.25) is 0 Å². The molecule has 5 heteroatoms. The number of likely N-dealkylation sites (N-methyl/N-ethyl adjacent to an activating group) is 1. The Bertz CT molecular complexity index is 653. The van der Waals surface area contributed by atoms with Gasteiger partial charge in [0.05, 0.1) is 16.4 Å². The maximum atomic E-state index is 12.3. The molecule has 0 aliphatic heterocycles. The van der Waals surface area contributed by atoms with Crippen molar-refractivity contribution in [3.63, 3.8) is 0 Å². The quantitative estimate of drug-likeness (QED) is 0.919. The molecule has 116 valence electrons. The molecular weight excluding hydrogens is 298 g/mol. The Morgan fingerprint density at radius 2 is 1.91 bits per heavy atom. The number of hydrogen-bond acceptors (Lipinski definition) is 3. The summed E-state index contributed by atoms with van der Waals surface area (Å²) in [7, 11) is 4.09. The molecule has 0 atom stereocenters. The van der Waals surface area contributed by atoms with Gasteiger partial charge in [0.15, 0.2) is 0 Å². The van der Waals surface area contributed by atoms with Crippen LogP contribution in [0.15, 0.2) is 36.5 Å². The summed E-state index contributed by atoms with van der Waals surface area (Å²) in [6.45, 7) is 2.79. The molecular formula is C17H20ClN3O. The number of carbonyl (C=O) groups excluding carboxylic acids is 1. The van der Waals surface area contributed by atoms with E-state index in [1.165, 1.54) is 5.56 Å². The Morgan fingerprint density at radius 1 is 1.23 bits per heavy atom. The Morgan fingerprint density at radius 3 is 2.55 bits per heavy atom. The first-order valence-corrected chi connectivity index (χ1v) is 7.51. The molecule has 0 unspecified atom stereocenters. The second-order valence-electron chi connectivity index (χ2n) is 5.46. The maximum absolute atomic E-state index is 12.3. The first-order chi connectivity index (χ1) is 10.5. The number of halogens is 1. The van der Waals surface area contributed by atoms with E-state index < -0.39 is 0 Å². The van der Waals surface area contributed by atoms with Gasteiger partial charge in [0, 0.05) is 18.3 Å². The van der Waals surface area contributed by atoms with Crippen molar-refractivity contribution in [1.82, 2.24) is 9.88 Å². The number of aryl methyl sites for hydroxylation is 1. The van der Waals surface area contributed by atoms with Crippen LogP contribution in [0.5, 0.6) is 0 Å². The monoisotopic (exact) mass is 317 g/mol. The van der Waals surface area contributed by atoms with Crippen molar-refractivity contribution in [3.05, 3.63) is 58.4 Å². The Kier molecular flexibility index (Phi) is 5.52. The third kappa shape index (κ3) is 4.29. The second-order valence-corrected chi connectivity index (χ2v) is 5.84. The lowest BCUT2D eigenvalue weighted by Crippen LogP contribution is -2.15. The fourth-order valence-corrected chi connectivity index (χ4v) is 2.17. The molecule has 1 amide bonds. The maximum Gasteiger partial charge on any atom is 0.255 e. The molecule has 0 saturated carbocycles. The first kappa shape index (κ1) is 16.5. The van der Waals surface area contributed by atoms with Gasteiger partial charge in [0.1, 0.15) is 0 Å². The molecule has 0 radical (unpaired) electrons. The Hall–Kier alpha value is -1.91. The fraction of sp³-hybridized carbons (Fsp3) is 0.294. The van der Waals surface area contributed by atoms with Crippen molar-refractivity contribution < 1.29 is 4.79 Å². The molecule has 0 saturated heterocycles. The summed E-state index contributed by atoms with van der Waals surface area (Å²) in [6, 6.07) is 9.33. The number of hydrogen-bond donors (Lipinski definition) is 1. The van der Waals surface area contributed by atoms with Crippen molar-refractivity contribution >= 4 is 23.2 Å². The zero-order valence-corrected chi connectivity index (χ0v) is 13.8. The summed E-state index contributed by atoms with van der Waals surface area (Å²) < 4.78 is 0. The van der Waals surface area contributed by atoms with Crippen molar-refractivity contribution in [2.75, 3.05) is 26.0 Å². The lowest BCUT2D eigenvalue weighted by molar-refractivity contribution is 0.102. The van der Waals surface area contributed by atoms with E-state index in [-0.39, 0.29) is 5.91 Å². The van der Waals surface area contributed by atoms with Crippen LogP contribution in [0.3, 0.4) is 0 Å². The van der Waals surface area contributed by atoms with Crippen molar-refractivity contribution in [2.24, 2.45) is 0 Å². The predicted octanol–water partition coefficient (Wildman–Crippen LogP) is 3.40. The molecule has 1 N–H and O–H groups in total. The standard InChI is InChI=1S/C17H20ClN3O/c1-12-16(18)15(8-10-19-12)20-17(22)14-6-4-13(5-7-14)9-11-21(2)3/h4-8,10H,9,11H2,1-3H3,(H,19,20,22). The van der Waals surface area contributed by atoms with E-state index in [1.54, 1.807) is 19.2 Å². The number of nitrogens with one attached hydrogen (secondary N) is 1. The van der Waals surface area contributed by atoms with Crippen LogP contribution in [-0.2, 0) is 6.42 Å². The van der Waals surface area contributed by atoms with Gasteiger partial charge in [-0.3, -0.25) is 9.78 Å². The van der Waals surface area contributed by atoms with Gasteiger partial charge >= 0.3 is 0 Å². The molecule has 1 aromatic carbocycles. The molecule has 0 fully saturated rings. The van der Waals surface area contributed by atoms with Gasteiger partial charge in [-0.15, -0.1) is 0 Å². The number of carbonyl (C=O) groups is 1. The van der Waals surface area contributed by atoms with E-state index in [9.17, 15) is 4.79 Å². The highest BCUT2D eigenvalue weighted by atomic mass is 35.5. The van der Waals surface area contributed by atoms with Crippen LogP contribution in [0.4, 0.5) is 5.69 Å². The van der Waals surface area contributed by atoms with E-state index >= 15 is 0 Å². The number of aromatic nitrogens is 1. The lowest BCUT2D eigenvalue weighted by atomic mass is 10.1. The van der Waals surface area contributed by atoms with Gasteiger partial charge in [-0.2, -0.15) is 0 Å². The first-order valence-electron chi connectivity index (χ1n) is 7.13. The van der Waals surface area contributed by atoms with Crippen LogP contribution in [0.2, 0.25) is 5.02 Å². The summed E-state index contributed by atoms with van der Waals surface area (Å²) in [4.78, 5) is 18.5. The topological polar surface area (TPSA) is 45.2 Å². The zero-order chi connectivity index (χ0) is 16.1. The molecule has 0 spiro atoms. The Balaban J connectivity index is 2.05. The molecule has 2 rings (SSSR count). The molecule has 4 nitrogen and oxygen atoms in total. The average molecular weight is 318 g/mol. The highest BCUT2D eigenvalue weighted by Crippen LogP contribution is 2.23. The third-order valence-electron chi connectivity index (χ3n) is 3.38. The average Bonchev–Trinajstić information content (AvgIpc) is 2.50. The predicted molar refractivity (Wildman–Crippen MR) is 90.6 cm³/mol. The summed E-state index contributed by atoms with van der Waals surface area (Å²) in [5.74, 6) is -0.174. The number of nitrogens with zero attached hydrogens (tertiary/aromatic N) is 2. The van der Waals surface area contributed by atoms with E-state index in [0.717, 1.165) is 13.0 Å². The highest BCUT2D eigenvalue weighted by molar-refractivity contribution is 6.34. The largest absolute Gasteiger partial charge is 0.321 e. The number of pyridine rings is 1. The minimum atomic E-state index is -0.174. The van der Waals surface area contributed by atoms with E-state index in [4.69, 9.17) is 11.6 Å². The van der Waals surface area contributed by atoms with Crippen LogP contribution >= 0.6 is 11.6 Å². The highest BCUT2D eigenvalue weighted by Gasteiger charge is 2.10. The van der Waals surface area contributed by atoms with Crippen LogP contribution < -0.4 is 5.32 Å². The minimum Gasteiger partial charge on any atom is -0.321 e. The van der Waals surface area contributed by atoms with Crippen molar-refractivity contribution in [1.29, 1.82) is 0 Å². The van der Waals surface area contributed by atoms with E-state index in [2.05, 4.69) is 15.2 Å². The third-order valence-corrected chi connectivity index (χ3v) is 3.85. The van der Waals surface area contributed by atoms with E-state index in [0.29, 0.717) is 22.0 Å². The summed E-state index contributed by atoms with van der Waals surface area (Å²) in [5, 5.41) is 3.29. The SMILES string of the molecule is Cc1nccc(NC(=O)c2ccc(CCN(C)C)cc2)c1Cl. The minimum absolute atomic E-state index is 0.174. The molecule has 1 aromatic heterocycles. The van der Waals surface area contributed by atoms with Crippen molar-refractivity contribution in [2.45, 2.75) is 13.3 Å². The van der Waals surface area contributed by atoms with Crippen LogP contribution in [0.1, 0.15) is 21.6 Å². The number of rotatable bonds is 5. The molecule has 0 bridgehead atoms. The molecule has 0 aliphatic rings. The fourth-order valence-electron chi connectivity index (χ4n) is 2.01. The second kappa shape index (κ2) is 7.38. The number of amides is 1. The van der Waals surface area contributed by atoms with E-state index in [1.807, 2.05) is 38.4 Å². The zero-order valence-electron chi connectivity index (χ0n) is 13.1. The molecule has 1 heterocycles. The summed E-state index contributed by atoms with van der Waals surface area (Å²) in [5.41, 5.74) is 3.09.